The molecule has 0 bridgehead atoms. The van der Waals surface area contributed by atoms with Crippen molar-refractivity contribution in [2.24, 2.45) is 0 Å². The summed E-state index contributed by atoms with van der Waals surface area (Å²) in [4.78, 5) is 22.2. The van der Waals surface area contributed by atoms with Gasteiger partial charge in [0.25, 0.3) is 0 Å². The normalized spacial score (nSPS) is 10.3. The zero-order chi connectivity index (χ0) is 15.2. The van der Waals surface area contributed by atoms with Gasteiger partial charge < -0.3 is 10.4 Å². The predicted molar refractivity (Wildman–Crippen MR) is 70.1 cm³/mol. The highest BCUT2D eigenvalue weighted by Crippen LogP contribution is 2.02. The summed E-state index contributed by atoms with van der Waals surface area (Å²) in [5.74, 6) is -1.81. The van der Waals surface area contributed by atoms with Gasteiger partial charge >= 0.3 is 5.97 Å². The summed E-state index contributed by atoms with van der Waals surface area (Å²) in [6, 6.07) is 6.02. The Labute approximate surface area is 119 Å². The van der Waals surface area contributed by atoms with Gasteiger partial charge in [0.05, 0.1) is 6.20 Å². The second-order valence-electron chi connectivity index (χ2n) is 4.33. The van der Waals surface area contributed by atoms with E-state index in [0.717, 1.165) is 10.2 Å². The maximum Gasteiger partial charge on any atom is 0.358 e. The predicted octanol–water partition coefficient (Wildman–Crippen LogP) is 0.474. The maximum atomic E-state index is 12.7. The summed E-state index contributed by atoms with van der Waals surface area (Å²) >= 11 is 0. The molecule has 0 atom stereocenters. The van der Waals surface area contributed by atoms with Gasteiger partial charge in [-0.15, -0.1) is 5.10 Å². The summed E-state index contributed by atoms with van der Waals surface area (Å²) in [7, 11) is 0. The quantitative estimate of drug-likeness (QED) is 0.807. The van der Waals surface area contributed by atoms with Gasteiger partial charge in [0.1, 0.15) is 12.4 Å². The van der Waals surface area contributed by atoms with Crippen molar-refractivity contribution >= 4 is 11.9 Å². The number of hydrogen-bond acceptors (Lipinski definition) is 4. The molecule has 0 spiro atoms. The number of hydrogen-bond donors (Lipinski definition) is 2. The number of carbonyl (C=O) groups is 2. The molecular weight excluding hydrogens is 279 g/mol. The van der Waals surface area contributed by atoms with E-state index in [2.05, 4.69) is 15.6 Å². The third-order valence-corrected chi connectivity index (χ3v) is 2.71. The molecule has 2 aromatic rings. The molecule has 1 amide bonds. The van der Waals surface area contributed by atoms with Crippen LogP contribution in [0.25, 0.3) is 0 Å². The Hall–Kier alpha value is -2.77. The Morgan fingerprint density at radius 1 is 1.29 bits per heavy atom. The molecule has 0 aliphatic heterocycles. The number of benzene rings is 1. The number of nitrogens with one attached hydrogen (secondary N) is 1. The highest BCUT2D eigenvalue weighted by Gasteiger charge is 2.10. The van der Waals surface area contributed by atoms with Gasteiger partial charge in [-0.05, 0) is 24.1 Å². The highest BCUT2D eigenvalue weighted by molar-refractivity contribution is 5.84. The van der Waals surface area contributed by atoms with E-state index in [-0.39, 0.29) is 24.0 Å². The van der Waals surface area contributed by atoms with E-state index in [0.29, 0.717) is 13.0 Å². The van der Waals surface area contributed by atoms with Gasteiger partial charge in [-0.25, -0.2) is 13.9 Å². The Bertz CT molecular complexity index is 639. The number of rotatable bonds is 6. The number of halogens is 1. The van der Waals surface area contributed by atoms with Crippen LogP contribution in [0.4, 0.5) is 4.39 Å². The first kappa shape index (κ1) is 14.6. The fraction of sp³-hybridized carbons (Fsp3) is 0.231. The van der Waals surface area contributed by atoms with Crippen molar-refractivity contribution in [1.82, 2.24) is 20.3 Å². The molecule has 0 aliphatic carbocycles. The minimum atomic E-state index is -1.20. The number of nitrogens with zero attached hydrogens (tertiary/aromatic N) is 3. The fourth-order valence-electron chi connectivity index (χ4n) is 1.67. The molecular formula is C13H13FN4O3. The molecule has 110 valence electrons. The Kier molecular flexibility index (Phi) is 4.60. The first-order chi connectivity index (χ1) is 10.0. The molecule has 0 unspecified atom stereocenters. The van der Waals surface area contributed by atoms with E-state index in [1.54, 1.807) is 12.1 Å². The number of carbonyl (C=O) groups excluding carboxylic acids is 1. The number of aromatic nitrogens is 3. The molecule has 0 saturated carbocycles. The highest BCUT2D eigenvalue weighted by atomic mass is 19.1. The Morgan fingerprint density at radius 3 is 2.62 bits per heavy atom. The van der Waals surface area contributed by atoms with E-state index in [1.807, 2.05) is 0 Å². The molecule has 7 nitrogen and oxygen atoms in total. The summed E-state index contributed by atoms with van der Waals surface area (Å²) in [5, 5.41) is 18.3. The van der Waals surface area contributed by atoms with Crippen LogP contribution >= 0.6 is 0 Å². The lowest BCUT2D eigenvalue weighted by molar-refractivity contribution is -0.121. The van der Waals surface area contributed by atoms with E-state index < -0.39 is 5.97 Å². The van der Waals surface area contributed by atoms with Gasteiger partial charge in [0, 0.05) is 6.54 Å². The van der Waals surface area contributed by atoms with Gasteiger partial charge in [-0.1, -0.05) is 17.3 Å². The van der Waals surface area contributed by atoms with E-state index in [9.17, 15) is 14.0 Å². The van der Waals surface area contributed by atoms with Gasteiger partial charge in [-0.3, -0.25) is 4.79 Å². The first-order valence-corrected chi connectivity index (χ1v) is 6.19. The average molecular weight is 292 g/mol. The molecule has 0 saturated heterocycles. The third kappa shape index (κ3) is 4.37. The number of carboxylic acids is 1. The van der Waals surface area contributed by atoms with Crippen LogP contribution in [-0.2, 0) is 17.8 Å². The minimum absolute atomic E-state index is 0.107. The Balaban J connectivity index is 1.76. The Morgan fingerprint density at radius 2 is 2.00 bits per heavy atom. The van der Waals surface area contributed by atoms with Crippen LogP contribution in [0, 0.1) is 5.82 Å². The second-order valence-corrected chi connectivity index (χ2v) is 4.33. The summed E-state index contributed by atoms with van der Waals surface area (Å²) in [5.41, 5.74) is 0.694. The van der Waals surface area contributed by atoms with Gasteiger partial charge in [0.2, 0.25) is 5.91 Å². The number of carboxylic acid groups (broad SMARTS) is 1. The SMILES string of the molecule is O=C(Cn1cc(C(=O)O)nn1)NCCc1ccc(F)cc1. The summed E-state index contributed by atoms with van der Waals surface area (Å²) in [6.07, 6.45) is 1.76. The van der Waals surface area contributed by atoms with Crippen molar-refractivity contribution in [3.8, 4) is 0 Å². The van der Waals surface area contributed by atoms with Crippen LogP contribution in [0.15, 0.2) is 30.5 Å². The molecule has 0 fully saturated rings. The van der Waals surface area contributed by atoms with E-state index in [4.69, 9.17) is 5.11 Å². The standard InChI is InChI=1S/C13H13FN4O3/c14-10-3-1-9(2-4-10)5-6-15-12(19)8-18-7-11(13(20)21)16-17-18/h1-4,7H,5-6,8H2,(H,15,19)(H,20,21). The maximum absolute atomic E-state index is 12.7. The molecule has 8 heteroatoms. The van der Waals surface area contributed by atoms with Crippen LogP contribution < -0.4 is 5.32 Å². The van der Waals surface area contributed by atoms with Crippen molar-refractivity contribution in [3.63, 3.8) is 0 Å². The average Bonchev–Trinajstić information content (AvgIpc) is 2.90. The monoisotopic (exact) mass is 292 g/mol. The summed E-state index contributed by atoms with van der Waals surface area (Å²) < 4.78 is 13.9. The lowest BCUT2D eigenvalue weighted by atomic mass is 10.1. The molecule has 1 aromatic carbocycles. The van der Waals surface area contributed by atoms with Crippen LogP contribution in [0.5, 0.6) is 0 Å². The van der Waals surface area contributed by atoms with Crippen molar-refractivity contribution in [3.05, 3.63) is 47.5 Å². The first-order valence-electron chi connectivity index (χ1n) is 6.19. The van der Waals surface area contributed by atoms with E-state index >= 15 is 0 Å². The van der Waals surface area contributed by atoms with Crippen LogP contribution in [0.1, 0.15) is 16.1 Å². The molecule has 2 rings (SSSR count). The van der Waals surface area contributed by atoms with E-state index in [1.165, 1.54) is 18.3 Å². The van der Waals surface area contributed by atoms with Crippen molar-refractivity contribution in [2.45, 2.75) is 13.0 Å². The second kappa shape index (κ2) is 6.60. The third-order valence-electron chi connectivity index (χ3n) is 2.71. The molecule has 21 heavy (non-hydrogen) atoms. The smallest absolute Gasteiger partial charge is 0.358 e. The van der Waals surface area contributed by atoms with Crippen LogP contribution in [0.2, 0.25) is 0 Å². The lowest BCUT2D eigenvalue weighted by Gasteiger charge is -2.05. The molecule has 0 radical (unpaired) electrons. The number of amides is 1. The molecule has 1 heterocycles. The number of aromatic carboxylic acids is 1. The zero-order valence-corrected chi connectivity index (χ0v) is 11.0. The molecule has 1 aromatic heterocycles. The summed E-state index contributed by atoms with van der Waals surface area (Å²) in [6.45, 7) is 0.286. The van der Waals surface area contributed by atoms with Crippen molar-refractivity contribution in [1.29, 1.82) is 0 Å². The zero-order valence-electron chi connectivity index (χ0n) is 11.0. The van der Waals surface area contributed by atoms with Gasteiger partial charge in [0.15, 0.2) is 5.69 Å². The topological polar surface area (TPSA) is 97.1 Å². The van der Waals surface area contributed by atoms with Crippen LogP contribution in [-0.4, -0.2) is 38.5 Å². The van der Waals surface area contributed by atoms with Crippen molar-refractivity contribution in [2.75, 3.05) is 6.54 Å². The molecule has 2 N–H and O–H groups in total. The largest absolute Gasteiger partial charge is 0.476 e. The lowest BCUT2D eigenvalue weighted by Crippen LogP contribution is -2.29. The van der Waals surface area contributed by atoms with Crippen LogP contribution in [0.3, 0.4) is 0 Å². The molecule has 0 aliphatic rings. The minimum Gasteiger partial charge on any atom is -0.476 e. The fourth-order valence-corrected chi connectivity index (χ4v) is 1.67. The van der Waals surface area contributed by atoms with Gasteiger partial charge in [-0.2, -0.15) is 0 Å². The van der Waals surface area contributed by atoms with Crippen molar-refractivity contribution < 1.29 is 19.1 Å².